The molecule has 0 unspecified atom stereocenters. The first kappa shape index (κ1) is 14.3. The highest BCUT2D eigenvalue weighted by atomic mass is 15.0. The van der Waals surface area contributed by atoms with Crippen LogP contribution in [-0.4, -0.2) is 19.4 Å². The largest absolute Gasteiger partial charge is 0.290 e. The molecule has 6 aromatic rings. The monoisotopic (exact) mass is 358 g/mol. The van der Waals surface area contributed by atoms with Crippen molar-refractivity contribution in [2.24, 2.45) is 0 Å². The summed E-state index contributed by atoms with van der Waals surface area (Å²) in [6, 6.07) is 19.3. The van der Waals surface area contributed by atoms with Crippen LogP contribution < -0.4 is 0 Å². The van der Waals surface area contributed by atoms with Crippen LogP contribution >= 0.6 is 0 Å². The summed E-state index contributed by atoms with van der Waals surface area (Å²) in [5.41, 5.74) is 10.5. The van der Waals surface area contributed by atoms with Crippen molar-refractivity contribution in [3.8, 4) is 11.1 Å². The van der Waals surface area contributed by atoms with Crippen LogP contribution in [0.2, 0.25) is 0 Å². The van der Waals surface area contributed by atoms with E-state index in [1.165, 1.54) is 22.3 Å². The Morgan fingerprint density at radius 3 is 2.75 bits per heavy atom. The second kappa shape index (κ2) is 4.93. The predicted octanol–water partition coefficient (Wildman–Crippen LogP) is 5.16. The molecule has 4 nitrogen and oxygen atoms in total. The third-order valence-corrected chi connectivity index (χ3v) is 5.91. The van der Waals surface area contributed by atoms with E-state index < -0.39 is 0 Å². The first-order valence-electron chi connectivity index (χ1n) is 9.42. The van der Waals surface area contributed by atoms with Crippen LogP contribution in [-0.2, 0) is 6.42 Å². The van der Waals surface area contributed by atoms with E-state index in [1.807, 2.05) is 30.7 Å². The van der Waals surface area contributed by atoms with Crippen molar-refractivity contribution in [3.63, 3.8) is 0 Å². The molecule has 0 fully saturated rings. The average molecular weight is 358 g/mol. The highest BCUT2D eigenvalue weighted by Gasteiger charge is 2.21. The van der Waals surface area contributed by atoms with E-state index in [2.05, 4.69) is 56.8 Å². The minimum atomic E-state index is 0.940. The number of hydrogen-bond donors (Lipinski definition) is 0. The van der Waals surface area contributed by atoms with E-state index in [9.17, 15) is 0 Å². The van der Waals surface area contributed by atoms with E-state index in [0.29, 0.717) is 0 Å². The smallest absolute Gasteiger partial charge is 0.148 e. The predicted molar refractivity (Wildman–Crippen MR) is 112 cm³/mol. The summed E-state index contributed by atoms with van der Waals surface area (Å²) in [5.74, 6) is 0. The molecule has 1 aliphatic carbocycles. The van der Waals surface area contributed by atoms with Gasteiger partial charge < -0.3 is 0 Å². The average Bonchev–Trinajstić information content (AvgIpc) is 3.30. The Morgan fingerprint density at radius 2 is 1.75 bits per heavy atom. The number of rotatable bonds is 0. The molecule has 2 aromatic carbocycles. The molecule has 7 rings (SSSR count). The maximum absolute atomic E-state index is 5.03. The Balaban J connectivity index is 1.72. The lowest BCUT2D eigenvalue weighted by atomic mass is 10.1. The second-order valence-corrected chi connectivity index (χ2v) is 7.40. The Labute approximate surface area is 160 Å². The fourth-order valence-electron chi connectivity index (χ4n) is 4.70. The molecular weight excluding hydrogens is 344 g/mol. The van der Waals surface area contributed by atoms with Crippen LogP contribution in [0.1, 0.15) is 11.1 Å². The minimum absolute atomic E-state index is 0.940. The minimum Gasteiger partial charge on any atom is -0.290 e. The van der Waals surface area contributed by atoms with Crippen molar-refractivity contribution in [2.75, 3.05) is 0 Å². The normalized spacial score (nSPS) is 12.9. The van der Waals surface area contributed by atoms with Crippen molar-refractivity contribution in [2.45, 2.75) is 6.42 Å². The van der Waals surface area contributed by atoms with Gasteiger partial charge >= 0.3 is 0 Å². The molecule has 0 saturated heterocycles. The SMILES string of the molecule is c1ccc2c(c1)Cc1cc3nc4c5cccnc5c5ccncc5n4c3cc1-2. The van der Waals surface area contributed by atoms with Crippen molar-refractivity contribution in [1.29, 1.82) is 0 Å². The highest BCUT2D eigenvalue weighted by Crippen LogP contribution is 2.40. The molecule has 0 bridgehead atoms. The molecule has 130 valence electrons. The number of fused-ring (bicyclic) bond motifs is 11. The standard InChI is InChI=1S/C24H14N4/c1-2-5-16-14(4-1)10-15-11-20-21(12-19(15)16)28-22-13-25-9-7-17(22)23-18(24(28)27-20)6-3-8-26-23/h1-9,11-13H,10H2. The second-order valence-electron chi connectivity index (χ2n) is 7.40. The van der Waals surface area contributed by atoms with E-state index in [4.69, 9.17) is 4.98 Å². The van der Waals surface area contributed by atoms with Gasteiger partial charge in [-0.3, -0.25) is 14.4 Å². The topological polar surface area (TPSA) is 43.1 Å². The third kappa shape index (κ3) is 1.68. The van der Waals surface area contributed by atoms with Crippen LogP contribution in [0.5, 0.6) is 0 Å². The molecule has 1 aliphatic rings. The van der Waals surface area contributed by atoms with Crippen molar-refractivity contribution in [1.82, 2.24) is 19.4 Å². The molecule has 0 aliphatic heterocycles. The maximum Gasteiger partial charge on any atom is 0.148 e. The lowest BCUT2D eigenvalue weighted by Gasteiger charge is -2.08. The Kier molecular flexibility index (Phi) is 2.51. The molecule has 28 heavy (non-hydrogen) atoms. The van der Waals surface area contributed by atoms with Gasteiger partial charge in [0, 0.05) is 23.2 Å². The number of imidazole rings is 1. The third-order valence-electron chi connectivity index (χ3n) is 5.91. The van der Waals surface area contributed by atoms with Gasteiger partial charge in [0.1, 0.15) is 5.65 Å². The fourth-order valence-corrected chi connectivity index (χ4v) is 4.70. The zero-order valence-electron chi connectivity index (χ0n) is 14.9. The van der Waals surface area contributed by atoms with Crippen LogP contribution in [0.4, 0.5) is 0 Å². The van der Waals surface area contributed by atoms with Gasteiger partial charge in [-0.1, -0.05) is 24.3 Å². The Bertz CT molecular complexity index is 1590. The number of hydrogen-bond acceptors (Lipinski definition) is 3. The zero-order valence-corrected chi connectivity index (χ0v) is 14.9. The number of aromatic nitrogens is 4. The van der Waals surface area contributed by atoms with Gasteiger partial charge in [-0.05, 0) is 59.0 Å². The molecule has 0 radical (unpaired) electrons. The summed E-state index contributed by atoms with van der Waals surface area (Å²) in [6.45, 7) is 0. The summed E-state index contributed by atoms with van der Waals surface area (Å²) >= 11 is 0. The molecule has 0 atom stereocenters. The Hall–Kier alpha value is -3.79. The summed E-state index contributed by atoms with van der Waals surface area (Å²) in [7, 11) is 0. The number of nitrogens with zero attached hydrogens (tertiary/aromatic N) is 4. The molecule has 0 saturated carbocycles. The van der Waals surface area contributed by atoms with E-state index in [1.54, 1.807) is 0 Å². The van der Waals surface area contributed by atoms with Gasteiger partial charge in [-0.25, -0.2) is 4.98 Å². The summed E-state index contributed by atoms with van der Waals surface area (Å²) < 4.78 is 2.24. The maximum atomic E-state index is 5.03. The molecule has 4 heteroatoms. The summed E-state index contributed by atoms with van der Waals surface area (Å²) in [5, 5.41) is 2.16. The van der Waals surface area contributed by atoms with E-state index >= 15 is 0 Å². The van der Waals surface area contributed by atoms with E-state index in [-0.39, 0.29) is 0 Å². The van der Waals surface area contributed by atoms with Crippen LogP contribution in [0.25, 0.3) is 49.6 Å². The molecule has 4 aromatic heterocycles. The molecule has 4 heterocycles. The van der Waals surface area contributed by atoms with Crippen LogP contribution in [0.15, 0.2) is 73.2 Å². The first-order valence-corrected chi connectivity index (χ1v) is 9.42. The highest BCUT2D eigenvalue weighted by molar-refractivity contribution is 6.12. The van der Waals surface area contributed by atoms with Crippen molar-refractivity contribution < 1.29 is 0 Å². The van der Waals surface area contributed by atoms with Gasteiger partial charge in [0.25, 0.3) is 0 Å². The van der Waals surface area contributed by atoms with Crippen molar-refractivity contribution >= 4 is 38.5 Å². The molecule has 0 spiro atoms. The summed E-state index contributed by atoms with van der Waals surface area (Å²) in [6.07, 6.45) is 6.56. The van der Waals surface area contributed by atoms with Gasteiger partial charge in [0.2, 0.25) is 0 Å². The Morgan fingerprint density at radius 1 is 0.786 bits per heavy atom. The first-order chi connectivity index (χ1) is 13.9. The van der Waals surface area contributed by atoms with Crippen LogP contribution in [0, 0.1) is 0 Å². The van der Waals surface area contributed by atoms with Gasteiger partial charge in [-0.15, -0.1) is 0 Å². The molecule has 0 amide bonds. The molecule has 0 N–H and O–H groups in total. The number of pyridine rings is 3. The lowest BCUT2D eigenvalue weighted by molar-refractivity contribution is 1.26. The summed E-state index contributed by atoms with van der Waals surface area (Å²) in [4.78, 5) is 14.1. The van der Waals surface area contributed by atoms with Crippen molar-refractivity contribution in [3.05, 3.63) is 84.3 Å². The van der Waals surface area contributed by atoms with Gasteiger partial charge in [-0.2, -0.15) is 0 Å². The quantitative estimate of drug-likeness (QED) is 0.352. The van der Waals surface area contributed by atoms with Gasteiger partial charge in [0.05, 0.1) is 28.3 Å². The molecular formula is C24H14N4. The fraction of sp³-hybridized carbons (Fsp3) is 0.0417. The van der Waals surface area contributed by atoms with Gasteiger partial charge in [0.15, 0.2) is 0 Å². The van der Waals surface area contributed by atoms with Crippen LogP contribution in [0.3, 0.4) is 0 Å². The lowest BCUT2D eigenvalue weighted by Crippen LogP contribution is -1.93. The zero-order chi connectivity index (χ0) is 18.2. The van der Waals surface area contributed by atoms with E-state index in [0.717, 1.165) is 44.9 Å². The number of benzene rings is 2.